The third-order valence-electron chi connectivity index (χ3n) is 3.16. The summed E-state index contributed by atoms with van der Waals surface area (Å²) in [5.41, 5.74) is -0.375. The first-order valence-electron chi connectivity index (χ1n) is 6.98. The molecule has 1 rings (SSSR count). The first kappa shape index (κ1) is 18.6. The van der Waals surface area contributed by atoms with E-state index in [1.54, 1.807) is 20.8 Å². The van der Waals surface area contributed by atoms with Gasteiger partial charge in [-0.05, 0) is 26.2 Å². The van der Waals surface area contributed by atoms with E-state index >= 15 is 0 Å². The first-order valence-corrected chi connectivity index (χ1v) is 8.52. The van der Waals surface area contributed by atoms with Gasteiger partial charge < -0.3 is 4.84 Å². The predicted octanol–water partition coefficient (Wildman–Crippen LogP) is 1.22. The number of carbonyl (C=O) groups excluding carboxylic acids is 3. The van der Waals surface area contributed by atoms with Gasteiger partial charge in [-0.15, -0.1) is 5.06 Å². The molecule has 0 spiro atoms. The molecule has 0 saturated carbocycles. The van der Waals surface area contributed by atoms with Crippen molar-refractivity contribution in [3.63, 3.8) is 0 Å². The van der Waals surface area contributed by atoms with Gasteiger partial charge in [0, 0.05) is 0 Å². The van der Waals surface area contributed by atoms with Crippen molar-refractivity contribution in [2.75, 3.05) is 0 Å². The maximum absolute atomic E-state index is 12.3. The Morgan fingerprint density at radius 1 is 1.18 bits per heavy atom. The summed E-state index contributed by atoms with van der Waals surface area (Å²) in [4.78, 5) is 40.5. The molecular formula is C14H23NO6S. The highest BCUT2D eigenvalue weighted by Gasteiger charge is 2.52. The van der Waals surface area contributed by atoms with Crippen LogP contribution in [0.2, 0.25) is 0 Å². The highest BCUT2D eigenvalue weighted by Crippen LogP contribution is 2.29. The third-order valence-corrected chi connectivity index (χ3v) is 5.98. The van der Waals surface area contributed by atoms with Crippen LogP contribution in [0.25, 0.3) is 0 Å². The van der Waals surface area contributed by atoms with Gasteiger partial charge in [0.05, 0.1) is 17.6 Å². The number of hydrogen-bond acceptors (Lipinski definition) is 6. The molecule has 0 aromatic rings. The number of hydrogen-bond donors (Lipinski definition) is 0. The Bertz CT molecular complexity index is 594. The summed E-state index contributed by atoms with van der Waals surface area (Å²) in [6, 6.07) is 0. The molecule has 0 N–H and O–H groups in total. The Labute approximate surface area is 130 Å². The molecule has 1 aliphatic heterocycles. The fourth-order valence-corrected chi connectivity index (χ4v) is 3.49. The Kier molecular flexibility index (Phi) is 4.77. The van der Waals surface area contributed by atoms with E-state index in [1.165, 1.54) is 20.8 Å². The third kappa shape index (κ3) is 3.85. The van der Waals surface area contributed by atoms with Crippen molar-refractivity contribution in [1.29, 1.82) is 0 Å². The van der Waals surface area contributed by atoms with Gasteiger partial charge in [-0.3, -0.25) is 9.59 Å². The van der Waals surface area contributed by atoms with E-state index < -0.39 is 44.0 Å². The molecule has 0 radical (unpaired) electrons. The molecule has 1 heterocycles. The molecule has 1 saturated heterocycles. The number of rotatable bonds is 3. The monoisotopic (exact) mass is 333 g/mol. The number of imide groups is 1. The van der Waals surface area contributed by atoms with Crippen molar-refractivity contribution >= 4 is 27.6 Å². The predicted molar refractivity (Wildman–Crippen MR) is 79.1 cm³/mol. The van der Waals surface area contributed by atoms with Gasteiger partial charge in [0.1, 0.15) is 0 Å². The van der Waals surface area contributed by atoms with Crippen LogP contribution in [-0.2, 0) is 29.1 Å². The minimum Gasteiger partial charge on any atom is -0.330 e. The normalized spacial score (nSPS) is 20.5. The largest absolute Gasteiger partial charge is 0.333 e. The van der Waals surface area contributed by atoms with E-state index in [0.29, 0.717) is 5.06 Å². The average Bonchev–Trinajstić information content (AvgIpc) is 2.53. The summed E-state index contributed by atoms with van der Waals surface area (Å²) < 4.78 is 23.5. The number of nitrogens with zero attached hydrogens (tertiary/aromatic N) is 1. The lowest BCUT2D eigenvalue weighted by atomic mass is 9.93. The fourth-order valence-electron chi connectivity index (χ4n) is 1.91. The summed E-state index contributed by atoms with van der Waals surface area (Å²) in [5, 5.41) is -1.20. The molecular weight excluding hydrogens is 310 g/mol. The van der Waals surface area contributed by atoms with E-state index in [1.807, 2.05) is 0 Å². The number of hydroxylamine groups is 2. The van der Waals surface area contributed by atoms with Crippen LogP contribution in [0.4, 0.5) is 0 Å². The quantitative estimate of drug-likeness (QED) is 0.720. The van der Waals surface area contributed by atoms with Crippen molar-refractivity contribution in [2.24, 2.45) is 5.41 Å². The van der Waals surface area contributed by atoms with E-state index in [-0.39, 0.29) is 11.8 Å². The Balaban J connectivity index is 2.93. The maximum Gasteiger partial charge on any atom is 0.333 e. The molecule has 0 aromatic carbocycles. The molecule has 0 aliphatic carbocycles. The van der Waals surface area contributed by atoms with Gasteiger partial charge in [0.15, 0.2) is 15.1 Å². The zero-order valence-corrected chi connectivity index (χ0v) is 14.6. The van der Waals surface area contributed by atoms with Crippen LogP contribution in [0.15, 0.2) is 0 Å². The summed E-state index contributed by atoms with van der Waals surface area (Å²) in [6.45, 7) is 9.76. The van der Waals surface area contributed by atoms with Crippen molar-refractivity contribution in [1.82, 2.24) is 5.06 Å². The fraction of sp³-hybridized carbons (Fsp3) is 0.786. The SMILES string of the molecule is CC(C)(C)CC(=O)ON1C(=O)CC(S(=O)(=O)C(C)(C)C)C1=O. The zero-order valence-electron chi connectivity index (χ0n) is 13.8. The lowest BCUT2D eigenvalue weighted by molar-refractivity contribution is -0.198. The smallest absolute Gasteiger partial charge is 0.330 e. The van der Waals surface area contributed by atoms with Gasteiger partial charge in [-0.1, -0.05) is 20.8 Å². The summed E-state index contributed by atoms with van der Waals surface area (Å²) in [7, 11) is -3.87. The summed E-state index contributed by atoms with van der Waals surface area (Å²) in [6.07, 6.45) is -0.498. The Morgan fingerprint density at radius 2 is 1.68 bits per heavy atom. The lowest BCUT2D eigenvalue weighted by Gasteiger charge is -2.23. The van der Waals surface area contributed by atoms with Gasteiger partial charge >= 0.3 is 5.97 Å². The van der Waals surface area contributed by atoms with Crippen molar-refractivity contribution in [3.05, 3.63) is 0 Å². The molecule has 1 fully saturated rings. The average molecular weight is 333 g/mol. The van der Waals surface area contributed by atoms with Crippen LogP contribution in [-0.4, -0.2) is 41.3 Å². The van der Waals surface area contributed by atoms with Crippen LogP contribution in [0, 0.1) is 5.41 Å². The van der Waals surface area contributed by atoms with E-state index in [0.717, 1.165) is 0 Å². The number of amides is 2. The van der Waals surface area contributed by atoms with Crippen LogP contribution in [0.3, 0.4) is 0 Å². The van der Waals surface area contributed by atoms with Gasteiger partial charge in [-0.25, -0.2) is 13.2 Å². The molecule has 0 bridgehead atoms. The highest BCUT2D eigenvalue weighted by molar-refractivity contribution is 7.94. The molecule has 22 heavy (non-hydrogen) atoms. The molecule has 7 nitrogen and oxygen atoms in total. The van der Waals surface area contributed by atoms with Crippen LogP contribution in [0.5, 0.6) is 0 Å². The minimum absolute atomic E-state index is 0.000742. The molecule has 1 aliphatic rings. The molecule has 1 atom stereocenters. The van der Waals surface area contributed by atoms with E-state index in [4.69, 9.17) is 4.84 Å². The van der Waals surface area contributed by atoms with Crippen LogP contribution in [0.1, 0.15) is 54.4 Å². The van der Waals surface area contributed by atoms with Crippen LogP contribution >= 0.6 is 0 Å². The van der Waals surface area contributed by atoms with Gasteiger partial charge in [-0.2, -0.15) is 0 Å². The van der Waals surface area contributed by atoms with Crippen molar-refractivity contribution in [3.8, 4) is 0 Å². The first-order chi connectivity index (χ1) is 9.67. The van der Waals surface area contributed by atoms with E-state index in [2.05, 4.69) is 0 Å². The summed E-state index contributed by atoms with van der Waals surface area (Å²) in [5.74, 6) is -2.56. The molecule has 8 heteroatoms. The Hall–Kier alpha value is -1.44. The van der Waals surface area contributed by atoms with Crippen LogP contribution < -0.4 is 0 Å². The summed E-state index contributed by atoms with van der Waals surface area (Å²) >= 11 is 0. The lowest BCUT2D eigenvalue weighted by Crippen LogP contribution is -2.43. The Morgan fingerprint density at radius 3 is 2.09 bits per heavy atom. The highest BCUT2D eigenvalue weighted by atomic mass is 32.2. The number of sulfone groups is 1. The zero-order chi connectivity index (χ0) is 17.5. The second-order valence-corrected chi connectivity index (χ2v) is 10.5. The molecule has 0 aromatic heterocycles. The molecule has 1 unspecified atom stereocenters. The van der Waals surface area contributed by atoms with E-state index in [9.17, 15) is 22.8 Å². The van der Waals surface area contributed by atoms with Crippen molar-refractivity contribution < 1.29 is 27.6 Å². The number of carbonyl (C=O) groups is 3. The van der Waals surface area contributed by atoms with Crippen molar-refractivity contribution in [2.45, 2.75) is 64.4 Å². The second-order valence-electron chi connectivity index (χ2n) is 7.58. The minimum atomic E-state index is -3.87. The molecule has 2 amide bonds. The maximum atomic E-state index is 12.3. The van der Waals surface area contributed by atoms with Gasteiger partial charge in [0.2, 0.25) is 0 Å². The standard InChI is InChI=1S/C14H23NO6S/c1-13(2,3)8-11(17)21-15-10(16)7-9(12(15)18)22(19,20)14(4,5)6/h9H,7-8H2,1-6H3. The van der Waals surface area contributed by atoms with Gasteiger partial charge in [0.25, 0.3) is 11.8 Å². The second kappa shape index (κ2) is 5.64. The molecule has 126 valence electrons. The topological polar surface area (TPSA) is 97.8 Å².